The molecule has 3 aromatic carbocycles. The van der Waals surface area contributed by atoms with E-state index in [1.807, 2.05) is 60.7 Å². The highest BCUT2D eigenvalue weighted by Gasteiger charge is 2.10. The van der Waals surface area contributed by atoms with Crippen LogP contribution in [0.5, 0.6) is 0 Å². The quantitative estimate of drug-likeness (QED) is 0.294. The summed E-state index contributed by atoms with van der Waals surface area (Å²) in [6, 6.07) is 23.8. The average Bonchev–Trinajstić information content (AvgIpc) is 3.29. The van der Waals surface area contributed by atoms with Gasteiger partial charge >= 0.3 is 0 Å². The third-order valence-electron chi connectivity index (χ3n) is 5.47. The highest BCUT2D eigenvalue weighted by molar-refractivity contribution is 5.93. The minimum Gasteiger partial charge on any atom is -0.436 e. The van der Waals surface area contributed by atoms with Crippen molar-refractivity contribution >= 4 is 44.8 Å². The van der Waals surface area contributed by atoms with Gasteiger partial charge in [0, 0.05) is 58.4 Å². The van der Waals surface area contributed by atoms with E-state index >= 15 is 0 Å². The van der Waals surface area contributed by atoms with E-state index in [1.54, 1.807) is 24.7 Å². The summed E-state index contributed by atoms with van der Waals surface area (Å²) in [6.45, 7) is 0. The number of oxazole rings is 1. The topological polar surface area (TPSA) is 75.9 Å². The molecule has 0 atom stereocenters. The third-order valence-corrected chi connectivity index (χ3v) is 5.47. The summed E-state index contributed by atoms with van der Waals surface area (Å²) in [4.78, 5) is 12.9. The summed E-state index contributed by atoms with van der Waals surface area (Å²) in [5.74, 6) is 0.236. The first-order valence-electron chi connectivity index (χ1n) is 10.7. The van der Waals surface area contributed by atoms with Crippen LogP contribution < -0.4 is 10.6 Å². The van der Waals surface area contributed by atoms with E-state index in [0.29, 0.717) is 16.9 Å². The van der Waals surface area contributed by atoms with Crippen molar-refractivity contribution in [1.82, 2.24) is 15.0 Å². The fourth-order valence-electron chi connectivity index (χ4n) is 3.81. The van der Waals surface area contributed by atoms with Crippen LogP contribution in [0, 0.1) is 5.82 Å². The lowest BCUT2D eigenvalue weighted by Gasteiger charge is -2.09. The zero-order chi connectivity index (χ0) is 22.9. The summed E-state index contributed by atoms with van der Waals surface area (Å²) in [5.41, 5.74) is 6.50. The second-order valence-electron chi connectivity index (χ2n) is 7.78. The maximum Gasteiger partial charge on any atom is 0.227 e. The lowest BCUT2D eigenvalue weighted by Crippen LogP contribution is -1.93. The molecule has 0 aliphatic heterocycles. The highest BCUT2D eigenvalue weighted by atomic mass is 19.1. The highest BCUT2D eigenvalue weighted by Crippen LogP contribution is 2.30. The van der Waals surface area contributed by atoms with Gasteiger partial charge in [0.05, 0.1) is 5.52 Å². The third kappa shape index (κ3) is 3.91. The number of hydrogen-bond donors (Lipinski definition) is 2. The van der Waals surface area contributed by atoms with E-state index in [1.165, 1.54) is 12.1 Å². The Morgan fingerprint density at radius 3 is 2.29 bits per heavy atom. The molecule has 2 N–H and O–H groups in total. The van der Waals surface area contributed by atoms with Crippen LogP contribution in [0.4, 0.5) is 27.1 Å². The smallest absolute Gasteiger partial charge is 0.227 e. The maximum absolute atomic E-state index is 13.8. The fraction of sp³-hybridized carbons (Fsp3) is 0. The summed E-state index contributed by atoms with van der Waals surface area (Å²) < 4.78 is 19.8. The molecule has 0 fully saturated rings. The Balaban J connectivity index is 1.26. The van der Waals surface area contributed by atoms with Gasteiger partial charge in [0.1, 0.15) is 11.3 Å². The minimum absolute atomic E-state index is 0.305. The average molecular weight is 447 g/mol. The van der Waals surface area contributed by atoms with E-state index in [0.717, 1.165) is 39.3 Å². The summed E-state index contributed by atoms with van der Waals surface area (Å²) >= 11 is 0. The van der Waals surface area contributed by atoms with Crippen LogP contribution in [0.1, 0.15) is 0 Å². The molecule has 0 unspecified atom stereocenters. The molecule has 34 heavy (non-hydrogen) atoms. The van der Waals surface area contributed by atoms with Crippen LogP contribution in [-0.2, 0) is 0 Å². The van der Waals surface area contributed by atoms with E-state index in [9.17, 15) is 4.39 Å². The standard InChI is InChI=1S/C27H18FN5O/c28-18-3-7-23-22(15-18)24(11-14-30-23)32-21-6-8-25-26(16-21)34-27(33-25)17-1-4-19(5-2-17)31-20-9-12-29-13-10-20/h1-16H,(H,29,31)(H,30,32). The van der Waals surface area contributed by atoms with Gasteiger partial charge in [-0.15, -0.1) is 0 Å². The molecule has 0 bridgehead atoms. The van der Waals surface area contributed by atoms with Crippen molar-refractivity contribution in [2.45, 2.75) is 0 Å². The minimum atomic E-state index is -0.305. The van der Waals surface area contributed by atoms with Crippen molar-refractivity contribution in [1.29, 1.82) is 0 Å². The van der Waals surface area contributed by atoms with Gasteiger partial charge in [-0.1, -0.05) is 0 Å². The predicted molar refractivity (Wildman–Crippen MR) is 132 cm³/mol. The van der Waals surface area contributed by atoms with Crippen molar-refractivity contribution in [3.8, 4) is 11.5 Å². The number of rotatable bonds is 5. The molecule has 7 heteroatoms. The number of hydrogen-bond acceptors (Lipinski definition) is 6. The summed E-state index contributed by atoms with van der Waals surface area (Å²) in [7, 11) is 0. The Hall–Kier alpha value is -4.78. The molecule has 6 aromatic rings. The molecule has 6 nitrogen and oxygen atoms in total. The Bertz CT molecular complexity index is 1610. The van der Waals surface area contributed by atoms with Crippen LogP contribution in [0.3, 0.4) is 0 Å². The van der Waals surface area contributed by atoms with Crippen LogP contribution in [0.2, 0.25) is 0 Å². The Labute approximate surface area is 194 Å². The van der Waals surface area contributed by atoms with Crippen LogP contribution in [0.25, 0.3) is 33.5 Å². The number of nitrogens with one attached hydrogen (secondary N) is 2. The van der Waals surface area contributed by atoms with E-state index in [4.69, 9.17) is 4.42 Å². The second-order valence-corrected chi connectivity index (χ2v) is 7.78. The summed E-state index contributed by atoms with van der Waals surface area (Å²) in [6.07, 6.45) is 5.18. The molecule has 0 aliphatic carbocycles. The maximum atomic E-state index is 13.8. The van der Waals surface area contributed by atoms with Gasteiger partial charge in [-0.05, 0) is 72.8 Å². The number of halogens is 1. The zero-order valence-corrected chi connectivity index (χ0v) is 17.9. The van der Waals surface area contributed by atoms with Crippen molar-refractivity contribution in [3.63, 3.8) is 0 Å². The van der Waals surface area contributed by atoms with E-state index < -0.39 is 0 Å². The second kappa shape index (κ2) is 8.29. The van der Waals surface area contributed by atoms with E-state index in [2.05, 4.69) is 25.6 Å². The number of nitrogens with zero attached hydrogens (tertiary/aromatic N) is 3. The molecular weight excluding hydrogens is 429 g/mol. The van der Waals surface area contributed by atoms with E-state index in [-0.39, 0.29) is 5.82 Å². The first-order valence-corrected chi connectivity index (χ1v) is 10.7. The van der Waals surface area contributed by atoms with Gasteiger partial charge in [0.15, 0.2) is 5.58 Å². The van der Waals surface area contributed by atoms with Gasteiger partial charge in [-0.25, -0.2) is 9.37 Å². The lowest BCUT2D eigenvalue weighted by atomic mass is 10.1. The number of fused-ring (bicyclic) bond motifs is 2. The molecule has 0 amide bonds. The first kappa shape index (κ1) is 19.9. The van der Waals surface area contributed by atoms with Crippen LogP contribution in [-0.4, -0.2) is 15.0 Å². The molecule has 0 spiro atoms. The molecule has 0 aliphatic rings. The molecular formula is C27H18FN5O. The fourth-order valence-corrected chi connectivity index (χ4v) is 3.81. The largest absolute Gasteiger partial charge is 0.436 e. The van der Waals surface area contributed by atoms with Crippen molar-refractivity contribution in [2.24, 2.45) is 0 Å². The van der Waals surface area contributed by atoms with Crippen molar-refractivity contribution in [2.75, 3.05) is 10.6 Å². The molecule has 164 valence electrons. The van der Waals surface area contributed by atoms with Gasteiger partial charge in [0.25, 0.3) is 0 Å². The number of aromatic nitrogens is 3. The molecule has 3 heterocycles. The lowest BCUT2D eigenvalue weighted by molar-refractivity contribution is 0.620. The van der Waals surface area contributed by atoms with Crippen molar-refractivity contribution in [3.05, 3.63) is 103 Å². The van der Waals surface area contributed by atoms with Gasteiger partial charge in [0.2, 0.25) is 5.89 Å². The predicted octanol–water partition coefficient (Wildman–Crippen LogP) is 7.06. The molecule has 0 radical (unpaired) electrons. The SMILES string of the molecule is Fc1ccc2nccc(Nc3ccc4nc(-c5ccc(Nc6ccncc6)cc5)oc4c3)c2c1. The number of benzene rings is 3. The Morgan fingerprint density at radius 2 is 1.44 bits per heavy atom. The van der Waals surface area contributed by atoms with Crippen LogP contribution >= 0.6 is 0 Å². The summed E-state index contributed by atoms with van der Waals surface area (Å²) in [5, 5.41) is 7.38. The molecule has 3 aromatic heterocycles. The number of pyridine rings is 2. The van der Waals surface area contributed by atoms with Crippen LogP contribution in [0.15, 0.2) is 102 Å². The zero-order valence-electron chi connectivity index (χ0n) is 17.9. The van der Waals surface area contributed by atoms with Gasteiger partial charge in [-0.2, -0.15) is 0 Å². The Morgan fingerprint density at radius 1 is 0.676 bits per heavy atom. The van der Waals surface area contributed by atoms with Gasteiger partial charge in [-0.3, -0.25) is 9.97 Å². The van der Waals surface area contributed by atoms with Crippen molar-refractivity contribution < 1.29 is 8.81 Å². The molecule has 0 saturated carbocycles. The number of anilines is 4. The monoisotopic (exact) mass is 447 g/mol. The molecule has 6 rings (SSSR count). The Kier molecular flexibility index (Phi) is 4.85. The first-order chi connectivity index (χ1) is 16.7. The molecule has 0 saturated heterocycles. The van der Waals surface area contributed by atoms with Gasteiger partial charge < -0.3 is 15.1 Å². The normalized spacial score (nSPS) is 11.1.